The Morgan fingerprint density at radius 1 is 1.13 bits per heavy atom. The van der Waals surface area contributed by atoms with Crippen LogP contribution in [0.4, 0.5) is 5.82 Å². The molecule has 0 amide bonds. The maximum Gasteiger partial charge on any atom is 0.174 e. The van der Waals surface area contributed by atoms with Gasteiger partial charge in [0.05, 0.1) is 17.1 Å². The minimum absolute atomic E-state index is 0.708. The molecule has 2 aromatic carbocycles. The highest BCUT2D eigenvalue weighted by Gasteiger charge is 2.12. The van der Waals surface area contributed by atoms with Crippen molar-refractivity contribution in [1.29, 1.82) is 0 Å². The Morgan fingerprint density at radius 2 is 2.00 bits per heavy atom. The van der Waals surface area contributed by atoms with E-state index in [4.69, 9.17) is 11.6 Å². The van der Waals surface area contributed by atoms with Crippen LogP contribution in [0.3, 0.4) is 0 Å². The number of halogens is 1. The lowest BCUT2D eigenvalue weighted by Gasteiger charge is -2.21. The van der Waals surface area contributed by atoms with Crippen LogP contribution in [0.2, 0.25) is 5.02 Å². The molecule has 5 heteroatoms. The first-order valence-electron chi connectivity index (χ1n) is 7.41. The van der Waals surface area contributed by atoms with Crippen LogP contribution in [0.1, 0.15) is 0 Å². The lowest BCUT2D eigenvalue weighted by atomic mass is 10.0. The normalized spacial score (nSPS) is 13.7. The number of rotatable bonds is 3. The van der Waals surface area contributed by atoms with Crippen molar-refractivity contribution in [3.63, 3.8) is 0 Å². The van der Waals surface area contributed by atoms with Gasteiger partial charge in [0.2, 0.25) is 0 Å². The van der Waals surface area contributed by atoms with Gasteiger partial charge >= 0.3 is 0 Å². The molecular weight excluding hydrogens is 308 g/mol. The second kappa shape index (κ2) is 5.82. The fourth-order valence-electron chi connectivity index (χ4n) is 2.65. The fourth-order valence-corrected chi connectivity index (χ4v) is 2.92. The van der Waals surface area contributed by atoms with Crippen molar-refractivity contribution in [2.24, 2.45) is 0 Å². The highest BCUT2D eigenvalue weighted by Crippen LogP contribution is 2.34. The van der Waals surface area contributed by atoms with Crippen molar-refractivity contribution in [3.05, 3.63) is 71.9 Å². The number of hydrazine groups is 1. The topological polar surface area (TPSA) is 44.0 Å². The fraction of sp³-hybridized carbons (Fsp3) is 0.0556. The third-order valence-corrected chi connectivity index (χ3v) is 4.11. The molecule has 1 aromatic heterocycles. The summed E-state index contributed by atoms with van der Waals surface area (Å²) < 4.78 is 0. The minimum atomic E-state index is 0.708. The number of nitrogens with zero attached hydrogens (tertiary/aromatic N) is 2. The Bertz CT molecular complexity index is 896. The summed E-state index contributed by atoms with van der Waals surface area (Å²) in [6.45, 7) is 0.796. The standard InChI is InChI=1S/C18H15ClN4/c19-16-12-17-15(11-14(16)13-7-3-1-4-8-13)18(21-20-17)22-23-9-5-2-6-10-23/h1-9,11-12H,10H2,(H2,20,21,22). The van der Waals surface area contributed by atoms with E-state index >= 15 is 0 Å². The van der Waals surface area contributed by atoms with Gasteiger partial charge in [-0.15, -0.1) is 0 Å². The van der Waals surface area contributed by atoms with E-state index in [0.717, 1.165) is 34.4 Å². The lowest BCUT2D eigenvalue weighted by Crippen LogP contribution is -2.25. The summed E-state index contributed by atoms with van der Waals surface area (Å²) in [6, 6.07) is 14.1. The number of hydrogen-bond donors (Lipinski definition) is 2. The van der Waals surface area contributed by atoms with E-state index in [1.165, 1.54) is 0 Å². The van der Waals surface area contributed by atoms with Gasteiger partial charge in [0.25, 0.3) is 0 Å². The van der Waals surface area contributed by atoms with E-state index in [1.807, 2.05) is 47.6 Å². The monoisotopic (exact) mass is 322 g/mol. The molecule has 0 atom stereocenters. The van der Waals surface area contributed by atoms with Crippen molar-refractivity contribution >= 4 is 28.3 Å². The molecular formula is C18H15ClN4. The van der Waals surface area contributed by atoms with Gasteiger partial charge in [-0.3, -0.25) is 15.5 Å². The number of nitrogens with one attached hydrogen (secondary N) is 2. The number of benzene rings is 2. The number of aromatic nitrogens is 2. The third-order valence-electron chi connectivity index (χ3n) is 3.80. The van der Waals surface area contributed by atoms with Crippen LogP contribution in [0, 0.1) is 0 Å². The van der Waals surface area contributed by atoms with E-state index < -0.39 is 0 Å². The maximum absolute atomic E-state index is 6.44. The molecule has 0 saturated carbocycles. The molecule has 2 heterocycles. The largest absolute Gasteiger partial charge is 0.290 e. The molecule has 4 nitrogen and oxygen atoms in total. The van der Waals surface area contributed by atoms with Gasteiger partial charge in [-0.1, -0.05) is 54.1 Å². The predicted octanol–water partition coefficient (Wildman–Crippen LogP) is 4.60. The molecule has 0 radical (unpaired) electrons. The van der Waals surface area contributed by atoms with Crippen LogP contribution in [0.15, 0.2) is 66.9 Å². The molecule has 0 bridgehead atoms. The number of anilines is 1. The molecule has 0 saturated heterocycles. The molecule has 0 aliphatic carbocycles. The summed E-state index contributed by atoms with van der Waals surface area (Å²) in [5.41, 5.74) is 6.31. The molecule has 0 spiro atoms. The Labute approximate surface area is 139 Å². The second-order valence-electron chi connectivity index (χ2n) is 5.35. The summed E-state index contributed by atoms with van der Waals surface area (Å²) in [4.78, 5) is 0. The summed E-state index contributed by atoms with van der Waals surface area (Å²) in [7, 11) is 0. The van der Waals surface area contributed by atoms with Crippen LogP contribution in [0.5, 0.6) is 0 Å². The molecule has 0 unspecified atom stereocenters. The average molecular weight is 323 g/mol. The lowest BCUT2D eigenvalue weighted by molar-refractivity contribution is 0.492. The van der Waals surface area contributed by atoms with Crippen molar-refractivity contribution in [1.82, 2.24) is 15.2 Å². The average Bonchev–Trinajstić information content (AvgIpc) is 2.97. The molecule has 23 heavy (non-hydrogen) atoms. The van der Waals surface area contributed by atoms with Crippen LogP contribution in [-0.4, -0.2) is 21.8 Å². The minimum Gasteiger partial charge on any atom is -0.290 e. The van der Waals surface area contributed by atoms with Gasteiger partial charge in [-0.2, -0.15) is 5.10 Å². The number of fused-ring (bicyclic) bond motifs is 1. The van der Waals surface area contributed by atoms with Gasteiger partial charge < -0.3 is 0 Å². The summed E-state index contributed by atoms with van der Waals surface area (Å²) in [5, 5.41) is 11.1. The van der Waals surface area contributed by atoms with E-state index in [1.54, 1.807) is 0 Å². The Balaban J connectivity index is 1.75. The predicted molar refractivity (Wildman–Crippen MR) is 95.1 cm³/mol. The van der Waals surface area contributed by atoms with Gasteiger partial charge in [0.15, 0.2) is 5.82 Å². The number of hydrogen-bond acceptors (Lipinski definition) is 3. The highest BCUT2D eigenvalue weighted by atomic mass is 35.5. The smallest absolute Gasteiger partial charge is 0.174 e. The molecule has 1 aliphatic heterocycles. The van der Waals surface area contributed by atoms with Crippen LogP contribution in [0.25, 0.3) is 22.0 Å². The molecule has 3 aromatic rings. The van der Waals surface area contributed by atoms with Crippen molar-refractivity contribution in [2.75, 3.05) is 12.0 Å². The van der Waals surface area contributed by atoms with Crippen molar-refractivity contribution in [2.45, 2.75) is 0 Å². The zero-order valence-electron chi connectivity index (χ0n) is 12.3. The highest BCUT2D eigenvalue weighted by molar-refractivity contribution is 6.34. The van der Waals surface area contributed by atoms with Crippen LogP contribution < -0.4 is 5.43 Å². The second-order valence-corrected chi connectivity index (χ2v) is 5.76. The molecule has 1 aliphatic rings. The maximum atomic E-state index is 6.44. The number of aromatic amines is 1. The quantitative estimate of drug-likeness (QED) is 0.741. The molecule has 0 fully saturated rings. The van der Waals surface area contributed by atoms with E-state index in [2.05, 4.69) is 39.9 Å². The SMILES string of the molecule is Clc1cc2[nH]nc(NN3C=CC=CC3)c2cc1-c1ccccc1. The zero-order valence-corrected chi connectivity index (χ0v) is 13.1. The third kappa shape index (κ3) is 2.69. The summed E-state index contributed by atoms with van der Waals surface area (Å²) >= 11 is 6.44. The Kier molecular flexibility index (Phi) is 3.52. The number of H-pyrrole nitrogens is 1. The molecule has 4 rings (SSSR count). The van der Waals surface area contributed by atoms with E-state index in [0.29, 0.717) is 5.02 Å². The van der Waals surface area contributed by atoms with Crippen LogP contribution >= 0.6 is 11.6 Å². The van der Waals surface area contributed by atoms with Crippen molar-refractivity contribution < 1.29 is 0 Å². The van der Waals surface area contributed by atoms with E-state index in [9.17, 15) is 0 Å². The molecule has 2 N–H and O–H groups in total. The van der Waals surface area contributed by atoms with Gasteiger partial charge in [0, 0.05) is 17.1 Å². The first kappa shape index (κ1) is 13.9. The zero-order chi connectivity index (χ0) is 15.6. The Morgan fingerprint density at radius 3 is 2.78 bits per heavy atom. The Hall–Kier alpha value is -2.72. The molecule has 114 valence electrons. The van der Waals surface area contributed by atoms with E-state index in [-0.39, 0.29) is 0 Å². The first-order chi connectivity index (χ1) is 11.3. The summed E-state index contributed by atoms with van der Waals surface area (Å²) in [5.74, 6) is 0.786. The first-order valence-corrected chi connectivity index (χ1v) is 7.79. The van der Waals surface area contributed by atoms with Crippen LogP contribution in [-0.2, 0) is 0 Å². The summed E-state index contributed by atoms with van der Waals surface area (Å²) in [6.07, 6.45) is 8.06. The van der Waals surface area contributed by atoms with Gasteiger partial charge in [0.1, 0.15) is 0 Å². The number of allylic oxidation sites excluding steroid dienone is 2. The van der Waals surface area contributed by atoms with Gasteiger partial charge in [-0.25, -0.2) is 0 Å². The van der Waals surface area contributed by atoms with Gasteiger partial charge in [-0.05, 0) is 23.8 Å². The van der Waals surface area contributed by atoms with Crippen molar-refractivity contribution in [3.8, 4) is 11.1 Å².